The molecule has 6 heteroatoms. The minimum absolute atomic E-state index is 0.755. The lowest BCUT2D eigenvalue weighted by molar-refractivity contribution is 0.492. The average molecular weight is 346 g/mol. The number of allylic oxidation sites excluding steroid dienone is 6. The molecule has 2 aliphatic heterocycles. The minimum Gasteiger partial charge on any atom is -0.350 e. The summed E-state index contributed by atoms with van der Waals surface area (Å²) < 4.78 is 0. The van der Waals surface area contributed by atoms with Crippen LogP contribution in [0.1, 0.15) is 11.1 Å². The molecule has 0 unspecified atom stereocenters. The molecule has 0 aliphatic carbocycles. The Morgan fingerprint density at radius 1 is 0.654 bits per heavy atom. The van der Waals surface area contributed by atoms with E-state index in [9.17, 15) is 9.81 Å². The molecule has 26 heavy (non-hydrogen) atoms. The first kappa shape index (κ1) is 17.3. The number of rotatable bonds is 6. The van der Waals surface area contributed by atoms with Crippen LogP contribution in [-0.2, 0) is 13.1 Å². The standard InChI is InChI=1S/C20H18N4O2/c25-21-13-17-5-9-23(10-6-17)15-19-1-2-20(4-3-19)16-24-11-7-18(8-12-24)14-22-26/h1-14H,15-16H2. The smallest absolute Gasteiger partial charge is 0.0788 e. The molecule has 0 saturated heterocycles. The summed E-state index contributed by atoms with van der Waals surface area (Å²) in [6.45, 7) is 1.51. The van der Waals surface area contributed by atoms with Crippen LogP contribution in [0.3, 0.4) is 0 Å². The second kappa shape index (κ2) is 8.53. The number of hydrogen-bond donors (Lipinski definition) is 0. The molecular weight excluding hydrogens is 328 g/mol. The first-order valence-corrected chi connectivity index (χ1v) is 8.14. The summed E-state index contributed by atoms with van der Waals surface area (Å²) in [6, 6.07) is 8.42. The van der Waals surface area contributed by atoms with Gasteiger partial charge in [0.15, 0.2) is 0 Å². The van der Waals surface area contributed by atoms with Crippen molar-refractivity contribution in [2.24, 2.45) is 10.4 Å². The van der Waals surface area contributed by atoms with Gasteiger partial charge in [-0.25, -0.2) is 0 Å². The quantitative estimate of drug-likeness (QED) is 0.702. The lowest BCUT2D eigenvalue weighted by Crippen LogP contribution is -2.12. The molecule has 130 valence electrons. The monoisotopic (exact) mass is 346 g/mol. The maximum absolute atomic E-state index is 10.2. The average Bonchev–Trinajstić information content (AvgIpc) is 2.67. The van der Waals surface area contributed by atoms with Crippen molar-refractivity contribution >= 4 is 0 Å². The highest BCUT2D eigenvalue weighted by atomic mass is 16.3. The summed E-state index contributed by atoms with van der Waals surface area (Å²) >= 11 is 0. The van der Waals surface area contributed by atoms with Gasteiger partial charge in [-0.1, -0.05) is 24.3 Å². The summed E-state index contributed by atoms with van der Waals surface area (Å²) in [6.07, 6.45) is 17.7. The van der Waals surface area contributed by atoms with Gasteiger partial charge in [-0.05, 0) is 56.9 Å². The Kier molecular flexibility index (Phi) is 5.67. The lowest BCUT2D eigenvalue weighted by Gasteiger charge is -2.20. The zero-order valence-corrected chi connectivity index (χ0v) is 14.1. The summed E-state index contributed by atoms with van der Waals surface area (Å²) in [4.78, 5) is 24.5. The number of hydrogen-bond acceptors (Lipinski definition) is 6. The normalized spacial score (nSPS) is 15.4. The second-order valence-electron chi connectivity index (χ2n) is 5.89. The molecule has 0 saturated carbocycles. The number of benzene rings is 1. The van der Waals surface area contributed by atoms with Crippen LogP contribution in [-0.4, -0.2) is 9.80 Å². The van der Waals surface area contributed by atoms with Gasteiger partial charge >= 0.3 is 0 Å². The number of nitroso groups, excluding NO2 is 2. The van der Waals surface area contributed by atoms with Gasteiger partial charge in [-0.2, -0.15) is 0 Å². The fourth-order valence-electron chi connectivity index (χ4n) is 2.61. The van der Waals surface area contributed by atoms with Crippen LogP contribution >= 0.6 is 0 Å². The van der Waals surface area contributed by atoms with Crippen molar-refractivity contribution in [2.75, 3.05) is 0 Å². The highest BCUT2D eigenvalue weighted by Gasteiger charge is 2.05. The molecule has 0 fully saturated rings. The van der Waals surface area contributed by atoms with Gasteiger partial charge < -0.3 is 9.80 Å². The maximum Gasteiger partial charge on any atom is 0.0788 e. The molecule has 2 heterocycles. The highest BCUT2D eigenvalue weighted by molar-refractivity contribution is 5.35. The molecule has 1 aromatic carbocycles. The molecule has 0 spiro atoms. The Hall–Kier alpha value is -3.54. The van der Waals surface area contributed by atoms with Crippen molar-refractivity contribution in [3.05, 3.63) is 118 Å². The van der Waals surface area contributed by atoms with Crippen molar-refractivity contribution < 1.29 is 0 Å². The van der Waals surface area contributed by atoms with Crippen molar-refractivity contribution in [1.29, 1.82) is 0 Å². The summed E-state index contributed by atoms with van der Waals surface area (Å²) in [5.41, 5.74) is 3.96. The fourth-order valence-corrected chi connectivity index (χ4v) is 2.61. The lowest BCUT2D eigenvalue weighted by atomic mass is 10.1. The molecule has 2 aliphatic rings. The predicted octanol–water partition coefficient (Wildman–Crippen LogP) is 4.67. The van der Waals surface area contributed by atoms with E-state index in [0.717, 1.165) is 24.2 Å². The summed E-state index contributed by atoms with van der Waals surface area (Å²) in [5, 5.41) is 5.54. The number of nitrogens with zero attached hydrogens (tertiary/aromatic N) is 4. The van der Waals surface area contributed by atoms with E-state index in [-0.39, 0.29) is 0 Å². The zero-order chi connectivity index (χ0) is 18.2. The Bertz CT molecular complexity index is 742. The van der Waals surface area contributed by atoms with Gasteiger partial charge in [0.25, 0.3) is 0 Å². The third-order valence-corrected chi connectivity index (χ3v) is 3.99. The Morgan fingerprint density at radius 2 is 1.00 bits per heavy atom. The maximum atomic E-state index is 10.2. The van der Waals surface area contributed by atoms with Crippen LogP contribution in [0.5, 0.6) is 0 Å². The molecule has 0 N–H and O–H groups in total. The van der Waals surface area contributed by atoms with Gasteiger partial charge in [0.2, 0.25) is 0 Å². The largest absolute Gasteiger partial charge is 0.350 e. The van der Waals surface area contributed by atoms with E-state index in [2.05, 4.69) is 34.6 Å². The van der Waals surface area contributed by atoms with Crippen LogP contribution in [0.25, 0.3) is 0 Å². The Balaban J connectivity index is 1.55. The Labute approximate surface area is 151 Å². The third kappa shape index (κ3) is 4.73. The van der Waals surface area contributed by atoms with Gasteiger partial charge in [0.1, 0.15) is 0 Å². The molecule has 0 atom stereocenters. The van der Waals surface area contributed by atoms with Gasteiger partial charge in [-0.15, -0.1) is 9.81 Å². The molecule has 0 radical (unpaired) electrons. The van der Waals surface area contributed by atoms with E-state index in [1.807, 2.05) is 58.9 Å². The van der Waals surface area contributed by atoms with E-state index < -0.39 is 0 Å². The topological polar surface area (TPSA) is 65.3 Å². The van der Waals surface area contributed by atoms with Crippen LogP contribution in [0.2, 0.25) is 0 Å². The van der Waals surface area contributed by atoms with E-state index in [0.29, 0.717) is 0 Å². The molecule has 3 rings (SSSR count). The van der Waals surface area contributed by atoms with E-state index in [1.165, 1.54) is 23.5 Å². The SMILES string of the molecule is O=NC=C1C=CN(Cc2ccc(CN3C=CC(=CN=O)C=C3)cc2)C=C1. The van der Waals surface area contributed by atoms with E-state index in [4.69, 9.17) is 0 Å². The second-order valence-corrected chi connectivity index (χ2v) is 5.89. The van der Waals surface area contributed by atoms with Crippen LogP contribution in [0.15, 0.2) is 107 Å². The van der Waals surface area contributed by atoms with Crippen molar-refractivity contribution in [3.8, 4) is 0 Å². The van der Waals surface area contributed by atoms with Gasteiger partial charge in [0.05, 0.1) is 12.4 Å². The van der Waals surface area contributed by atoms with E-state index in [1.54, 1.807) is 0 Å². The molecular formula is C20H18N4O2. The van der Waals surface area contributed by atoms with Crippen molar-refractivity contribution in [2.45, 2.75) is 13.1 Å². The highest BCUT2D eigenvalue weighted by Crippen LogP contribution is 2.16. The molecule has 6 nitrogen and oxygen atoms in total. The first-order valence-electron chi connectivity index (χ1n) is 8.14. The Morgan fingerprint density at radius 3 is 1.31 bits per heavy atom. The summed E-state index contributed by atoms with van der Waals surface area (Å²) in [5.74, 6) is 0. The van der Waals surface area contributed by atoms with Crippen molar-refractivity contribution in [3.63, 3.8) is 0 Å². The molecule has 1 aromatic rings. The fraction of sp³-hybridized carbons (Fsp3) is 0.100. The van der Waals surface area contributed by atoms with Crippen molar-refractivity contribution in [1.82, 2.24) is 9.80 Å². The van der Waals surface area contributed by atoms with Gasteiger partial charge in [0, 0.05) is 37.9 Å². The minimum atomic E-state index is 0.755. The van der Waals surface area contributed by atoms with Crippen LogP contribution in [0, 0.1) is 9.81 Å². The zero-order valence-electron chi connectivity index (χ0n) is 14.1. The first-order chi connectivity index (χ1) is 12.8. The third-order valence-electron chi connectivity index (χ3n) is 3.99. The molecule has 0 amide bonds. The van der Waals surface area contributed by atoms with E-state index >= 15 is 0 Å². The molecule has 0 aromatic heterocycles. The van der Waals surface area contributed by atoms with Crippen LogP contribution < -0.4 is 0 Å². The van der Waals surface area contributed by atoms with Gasteiger partial charge in [-0.3, -0.25) is 0 Å². The van der Waals surface area contributed by atoms with Crippen LogP contribution in [0.4, 0.5) is 0 Å². The molecule has 0 bridgehead atoms. The summed E-state index contributed by atoms with van der Waals surface area (Å²) in [7, 11) is 0. The predicted molar refractivity (Wildman–Crippen MR) is 102 cm³/mol.